The zero-order chi connectivity index (χ0) is 17.9. The van der Waals surface area contributed by atoms with Gasteiger partial charge in [0.1, 0.15) is 11.6 Å². The topological polar surface area (TPSA) is 75.3 Å². The Bertz CT molecular complexity index is 783. The van der Waals surface area contributed by atoms with Crippen LogP contribution in [0.25, 0.3) is 0 Å². The Kier molecular flexibility index (Phi) is 4.75. The predicted octanol–water partition coefficient (Wildman–Crippen LogP) is 2.85. The average molecular weight is 352 g/mol. The summed E-state index contributed by atoms with van der Waals surface area (Å²) in [6.45, 7) is 0. The van der Waals surface area contributed by atoms with Crippen LogP contribution in [0.5, 0.6) is 5.75 Å². The second-order valence-electron chi connectivity index (χ2n) is 7.00. The van der Waals surface area contributed by atoms with Gasteiger partial charge in [-0.3, -0.25) is 4.79 Å². The lowest BCUT2D eigenvalue weighted by Crippen LogP contribution is -2.48. The summed E-state index contributed by atoms with van der Waals surface area (Å²) < 4.78 is 5.37. The molecule has 26 heavy (non-hydrogen) atoms. The minimum Gasteiger partial charge on any atom is -0.495 e. The predicted molar refractivity (Wildman–Crippen MR) is 101 cm³/mol. The monoisotopic (exact) mass is 352 g/mol. The van der Waals surface area contributed by atoms with Crippen LogP contribution in [-0.4, -0.2) is 36.1 Å². The quantitative estimate of drug-likeness (QED) is 0.771. The molecule has 2 aromatic rings. The van der Waals surface area contributed by atoms with E-state index in [1.54, 1.807) is 25.4 Å². The Balaban J connectivity index is 1.51. The van der Waals surface area contributed by atoms with Crippen molar-refractivity contribution in [1.82, 2.24) is 15.6 Å². The van der Waals surface area contributed by atoms with Crippen LogP contribution < -0.4 is 20.7 Å². The van der Waals surface area contributed by atoms with E-state index in [9.17, 15) is 4.79 Å². The molecule has 1 aromatic heterocycles. The molecule has 3 N–H and O–H groups in total. The summed E-state index contributed by atoms with van der Waals surface area (Å²) in [7, 11) is 1.62. The second kappa shape index (κ2) is 7.33. The standard InChI is InChI=1S/C20H24N4O2/c1-26-18-7-3-2-6-17(18)24-19-16(5-4-10-21-19)20(25)23-15-11-13-8-9-14(12-15)22-13/h2-7,10,13-15,22H,8-9,11-12H2,1H3,(H,21,24)(H,23,25). The molecule has 4 rings (SSSR count). The number of hydrogen-bond acceptors (Lipinski definition) is 5. The maximum absolute atomic E-state index is 12.9. The van der Waals surface area contributed by atoms with Gasteiger partial charge in [-0.25, -0.2) is 4.98 Å². The highest BCUT2D eigenvalue weighted by Gasteiger charge is 2.34. The third-order valence-electron chi connectivity index (χ3n) is 5.22. The Hall–Kier alpha value is -2.60. The number of benzene rings is 1. The number of rotatable bonds is 5. The van der Waals surface area contributed by atoms with Gasteiger partial charge in [0, 0.05) is 24.3 Å². The third kappa shape index (κ3) is 3.51. The minimum absolute atomic E-state index is 0.0817. The summed E-state index contributed by atoms with van der Waals surface area (Å²) in [6, 6.07) is 12.5. The van der Waals surface area contributed by atoms with Gasteiger partial charge in [0.2, 0.25) is 0 Å². The van der Waals surface area contributed by atoms with E-state index in [0.717, 1.165) is 18.5 Å². The molecule has 6 heteroatoms. The van der Waals surface area contributed by atoms with Crippen molar-refractivity contribution in [3.05, 3.63) is 48.2 Å². The number of nitrogens with zero attached hydrogens (tertiary/aromatic N) is 1. The molecule has 2 atom stereocenters. The maximum atomic E-state index is 12.9. The number of carbonyl (C=O) groups excluding carboxylic acids is 1. The summed E-state index contributed by atoms with van der Waals surface area (Å²) >= 11 is 0. The van der Waals surface area contributed by atoms with Crippen molar-refractivity contribution in [2.45, 2.75) is 43.8 Å². The van der Waals surface area contributed by atoms with Gasteiger partial charge in [0.05, 0.1) is 18.4 Å². The van der Waals surface area contributed by atoms with E-state index in [2.05, 4.69) is 20.9 Å². The van der Waals surface area contributed by atoms with Crippen LogP contribution in [0.3, 0.4) is 0 Å². The van der Waals surface area contributed by atoms with E-state index in [1.807, 2.05) is 24.3 Å². The number of nitrogens with one attached hydrogen (secondary N) is 3. The van der Waals surface area contributed by atoms with Crippen LogP contribution in [0.4, 0.5) is 11.5 Å². The second-order valence-corrected chi connectivity index (χ2v) is 7.00. The van der Waals surface area contributed by atoms with Gasteiger partial charge < -0.3 is 20.7 Å². The Morgan fingerprint density at radius 3 is 2.69 bits per heavy atom. The van der Waals surface area contributed by atoms with E-state index in [0.29, 0.717) is 29.2 Å². The number of para-hydroxylation sites is 2. The number of methoxy groups -OCH3 is 1. The fourth-order valence-electron chi connectivity index (χ4n) is 4.00. The van der Waals surface area contributed by atoms with Gasteiger partial charge in [-0.2, -0.15) is 0 Å². The molecule has 0 radical (unpaired) electrons. The molecular formula is C20H24N4O2. The molecule has 0 saturated carbocycles. The van der Waals surface area contributed by atoms with Crippen LogP contribution in [0.2, 0.25) is 0 Å². The number of pyridine rings is 1. The molecule has 2 aliphatic heterocycles. The first-order valence-electron chi connectivity index (χ1n) is 9.15. The molecule has 6 nitrogen and oxygen atoms in total. The number of ether oxygens (including phenoxy) is 1. The fraction of sp³-hybridized carbons (Fsp3) is 0.400. The van der Waals surface area contributed by atoms with Crippen LogP contribution in [0.1, 0.15) is 36.0 Å². The van der Waals surface area contributed by atoms with Crippen LogP contribution >= 0.6 is 0 Å². The fourth-order valence-corrected chi connectivity index (χ4v) is 4.00. The first kappa shape index (κ1) is 16.8. The van der Waals surface area contributed by atoms with E-state index in [-0.39, 0.29) is 11.9 Å². The van der Waals surface area contributed by atoms with E-state index < -0.39 is 0 Å². The molecule has 2 fully saturated rings. The summed E-state index contributed by atoms with van der Waals surface area (Å²) in [5.41, 5.74) is 1.33. The summed E-state index contributed by atoms with van der Waals surface area (Å²) in [5.74, 6) is 1.16. The van der Waals surface area contributed by atoms with Crippen LogP contribution in [-0.2, 0) is 0 Å². The molecule has 3 heterocycles. The molecule has 0 spiro atoms. The van der Waals surface area contributed by atoms with Crippen molar-refractivity contribution in [3.63, 3.8) is 0 Å². The van der Waals surface area contributed by atoms with Gasteiger partial charge in [0.25, 0.3) is 5.91 Å². The highest BCUT2D eigenvalue weighted by Crippen LogP contribution is 2.29. The Morgan fingerprint density at radius 1 is 1.15 bits per heavy atom. The van der Waals surface area contributed by atoms with Gasteiger partial charge >= 0.3 is 0 Å². The number of anilines is 2. The Morgan fingerprint density at radius 2 is 1.92 bits per heavy atom. The molecule has 1 aromatic carbocycles. The number of fused-ring (bicyclic) bond motifs is 2. The van der Waals surface area contributed by atoms with Crippen molar-refractivity contribution in [2.24, 2.45) is 0 Å². The number of amides is 1. The average Bonchev–Trinajstić information content (AvgIpc) is 3.01. The van der Waals surface area contributed by atoms with Crippen molar-refractivity contribution >= 4 is 17.4 Å². The van der Waals surface area contributed by atoms with Crippen LogP contribution in [0.15, 0.2) is 42.6 Å². The SMILES string of the molecule is COc1ccccc1Nc1ncccc1C(=O)NC1CC2CCC(C1)N2. The highest BCUT2D eigenvalue weighted by atomic mass is 16.5. The molecule has 0 aliphatic carbocycles. The lowest BCUT2D eigenvalue weighted by atomic mass is 9.99. The molecular weight excluding hydrogens is 328 g/mol. The molecule has 2 aliphatic rings. The third-order valence-corrected chi connectivity index (χ3v) is 5.22. The zero-order valence-corrected chi connectivity index (χ0v) is 14.9. The van der Waals surface area contributed by atoms with Crippen molar-refractivity contribution < 1.29 is 9.53 Å². The number of hydrogen-bond donors (Lipinski definition) is 3. The summed E-state index contributed by atoms with van der Waals surface area (Å²) in [4.78, 5) is 17.2. The molecule has 136 valence electrons. The first-order chi connectivity index (χ1) is 12.7. The zero-order valence-electron chi connectivity index (χ0n) is 14.9. The largest absolute Gasteiger partial charge is 0.495 e. The smallest absolute Gasteiger partial charge is 0.255 e. The van der Waals surface area contributed by atoms with Gasteiger partial charge in [-0.1, -0.05) is 12.1 Å². The lowest BCUT2D eigenvalue weighted by molar-refractivity contribution is 0.0924. The van der Waals surface area contributed by atoms with Gasteiger partial charge in [-0.15, -0.1) is 0 Å². The lowest BCUT2D eigenvalue weighted by Gasteiger charge is -2.29. The highest BCUT2D eigenvalue weighted by molar-refractivity contribution is 5.99. The summed E-state index contributed by atoms with van der Waals surface area (Å²) in [5, 5.41) is 10.0. The normalized spacial score (nSPS) is 24.1. The number of carbonyl (C=O) groups is 1. The van der Waals surface area contributed by atoms with E-state index in [4.69, 9.17) is 4.74 Å². The minimum atomic E-state index is -0.0817. The van der Waals surface area contributed by atoms with Crippen LogP contribution in [0, 0.1) is 0 Å². The van der Waals surface area contributed by atoms with Crippen molar-refractivity contribution in [3.8, 4) is 5.75 Å². The maximum Gasteiger partial charge on any atom is 0.255 e. The summed E-state index contributed by atoms with van der Waals surface area (Å²) in [6.07, 6.45) is 6.10. The van der Waals surface area contributed by atoms with E-state index in [1.165, 1.54) is 12.8 Å². The van der Waals surface area contributed by atoms with Crippen molar-refractivity contribution in [1.29, 1.82) is 0 Å². The molecule has 2 saturated heterocycles. The first-order valence-corrected chi connectivity index (χ1v) is 9.15. The Labute approximate surface area is 153 Å². The molecule has 2 unspecified atom stereocenters. The molecule has 1 amide bonds. The van der Waals surface area contributed by atoms with Crippen molar-refractivity contribution in [2.75, 3.05) is 12.4 Å². The van der Waals surface area contributed by atoms with E-state index >= 15 is 0 Å². The number of piperidine rings is 1. The van der Waals surface area contributed by atoms with Gasteiger partial charge in [-0.05, 0) is 49.9 Å². The molecule has 2 bridgehead atoms. The number of aromatic nitrogens is 1. The van der Waals surface area contributed by atoms with Gasteiger partial charge in [0.15, 0.2) is 0 Å².